The van der Waals surface area contributed by atoms with Crippen LogP contribution in [0.2, 0.25) is 5.02 Å². The SMILES string of the molecule is Cc1ccc(Cl)cc1NC(=O)CC(=O)N(C)Cc1ccccc1. The van der Waals surface area contributed by atoms with Crippen molar-refractivity contribution in [2.24, 2.45) is 0 Å². The largest absolute Gasteiger partial charge is 0.341 e. The molecule has 0 spiro atoms. The third-order valence-electron chi connectivity index (χ3n) is 3.47. The molecule has 1 N–H and O–H groups in total. The van der Waals surface area contributed by atoms with Crippen LogP contribution in [0, 0.1) is 6.92 Å². The molecule has 2 amide bonds. The van der Waals surface area contributed by atoms with Gasteiger partial charge in [0.25, 0.3) is 0 Å². The molecule has 0 aliphatic carbocycles. The molecular formula is C18H19ClN2O2. The summed E-state index contributed by atoms with van der Waals surface area (Å²) in [7, 11) is 1.69. The zero-order valence-electron chi connectivity index (χ0n) is 13.2. The topological polar surface area (TPSA) is 49.4 Å². The normalized spacial score (nSPS) is 10.2. The van der Waals surface area contributed by atoms with E-state index in [1.807, 2.05) is 43.3 Å². The van der Waals surface area contributed by atoms with Crippen LogP contribution in [0.25, 0.3) is 0 Å². The molecule has 120 valence electrons. The van der Waals surface area contributed by atoms with Crippen LogP contribution in [-0.2, 0) is 16.1 Å². The van der Waals surface area contributed by atoms with Gasteiger partial charge < -0.3 is 10.2 Å². The molecule has 0 saturated heterocycles. The summed E-state index contributed by atoms with van der Waals surface area (Å²) in [6.07, 6.45) is -0.199. The molecule has 0 aliphatic heterocycles. The molecule has 0 heterocycles. The van der Waals surface area contributed by atoms with Gasteiger partial charge in [-0.05, 0) is 30.2 Å². The number of carbonyl (C=O) groups excluding carboxylic acids is 2. The average Bonchev–Trinajstić information content (AvgIpc) is 2.51. The number of rotatable bonds is 5. The van der Waals surface area contributed by atoms with Crippen molar-refractivity contribution in [2.45, 2.75) is 19.9 Å². The fourth-order valence-corrected chi connectivity index (χ4v) is 2.31. The lowest BCUT2D eigenvalue weighted by Crippen LogP contribution is -2.30. The summed E-state index contributed by atoms with van der Waals surface area (Å²) in [5.41, 5.74) is 2.54. The number of halogens is 1. The Hall–Kier alpha value is -2.33. The van der Waals surface area contributed by atoms with E-state index in [4.69, 9.17) is 11.6 Å². The van der Waals surface area contributed by atoms with Crippen molar-refractivity contribution in [2.75, 3.05) is 12.4 Å². The minimum Gasteiger partial charge on any atom is -0.341 e. The van der Waals surface area contributed by atoms with Crippen LogP contribution in [-0.4, -0.2) is 23.8 Å². The first-order chi connectivity index (χ1) is 11.0. The van der Waals surface area contributed by atoms with Crippen molar-refractivity contribution in [3.8, 4) is 0 Å². The number of aryl methyl sites for hydroxylation is 1. The van der Waals surface area contributed by atoms with Crippen LogP contribution < -0.4 is 5.32 Å². The molecule has 5 heteroatoms. The summed E-state index contributed by atoms with van der Waals surface area (Å²) in [5.74, 6) is -0.577. The molecule has 0 radical (unpaired) electrons. The third kappa shape index (κ3) is 5.11. The first-order valence-corrected chi connectivity index (χ1v) is 7.67. The van der Waals surface area contributed by atoms with E-state index < -0.39 is 0 Å². The number of hydrogen-bond acceptors (Lipinski definition) is 2. The van der Waals surface area contributed by atoms with Crippen molar-refractivity contribution < 1.29 is 9.59 Å². The molecular weight excluding hydrogens is 312 g/mol. The van der Waals surface area contributed by atoms with Gasteiger partial charge in [0, 0.05) is 24.3 Å². The van der Waals surface area contributed by atoms with Crippen molar-refractivity contribution in [1.29, 1.82) is 0 Å². The van der Waals surface area contributed by atoms with Gasteiger partial charge in [0.05, 0.1) is 0 Å². The first-order valence-electron chi connectivity index (χ1n) is 7.29. The maximum absolute atomic E-state index is 12.1. The highest BCUT2D eigenvalue weighted by molar-refractivity contribution is 6.31. The Morgan fingerprint density at radius 2 is 1.83 bits per heavy atom. The van der Waals surface area contributed by atoms with E-state index in [0.29, 0.717) is 17.3 Å². The summed E-state index contributed by atoms with van der Waals surface area (Å²) >= 11 is 5.92. The lowest BCUT2D eigenvalue weighted by atomic mass is 10.2. The maximum Gasteiger partial charge on any atom is 0.233 e. The van der Waals surface area contributed by atoms with Crippen LogP contribution in [0.1, 0.15) is 17.5 Å². The number of amides is 2. The van der Waals surface area contributed by atoms with Crippen molar-refractivity contribution in [3.05, 3.63) is 64.7 Å². The minimum absolute atomic E-state index is 0.199. The Morgan fingerprint density at radius 3 is 2.52 bits per heavy atom. The summed E-state index contributed by atoms with van der Waals surface area (Å²) in [6.45, 7) is 2.35. The second kappa shape index (κ2) is 7.79. The Bertz CT molecular complexity index is 701. The smallest absolute Gasteiger partial charge is 0.233 e. The fraction of sp³-hybridized carbons (Fsp3) is 0.222. The molecule has 2 aromatic rings. The van der Waals surface area contributed by atoms with Gasteiger partial charge in [0.1, 0.15) is 6.42 Å². The molecule has 2 aromatic carbocycles. The van der Waals surface area contributed by atoms with E-state index in [-0.39, 0.29) is 18.2 Å². The zero-order chi connectivity index (χ0) is 16.8. The fourth-order valence-electron chi connectivity index (χ4n) is 2.14. The molecule has 0 unspecified atom stereocenters. The van der Waals surface area contributed by atoms with Crippen molar-refractivity contribution in [1.82, 2.24) is 4.90 Å². The monoisotopic (exact) mass is 330 g/mol. The minimum atomic E-state index is -0.347. The van der Waals surface area contributed by atoms with Gasteiger partial charge in [0.2, 0.25) is 11.8 Å². The van der Waals surface area contributed by atoms with Gasteiger partial charge in [-0.1, -0.05) is 48.0 Å². The van der Waals surface area contributed by atoms with Crippen LogP contribution in [0.5, 0.6) is 0 Å². The Kier molecular flexibility index (Phi) is 5.77. The van der Waals surface area contributed by atoms with E-state index in [2.05, 4.69) is 5.32 Å². The molecule has 0 bridgehead atoms. The van der Waals surface area contributed by atoms with Gasteiger partial charge in [-0.2, -0.15) is 0 Å². The van der Waals surface area contributed by atoms with E-state index in [1.165, 1.54) is 0 Å². The van der Waals surface area contributed by atoms with Crippen LogP contribution in [0.4, 0.5) is 5.69 Å². The van der Waals surface area contributed by atoms with Gasteiger partial charge in [0.15, 0.2) is 0 Å². The summed E-state index contributed by atoms with van der Waals surface area (Å²) < 4.78 is 0. The van der Waals surface area contributed by atoms with E-state index >= 15 is 0 Å². The predicted octanol–water partition coefficient (Wildman–Crippen LogP) is 3.64. The number of nitrogens with one attached hydrogen (secondary N) is 1. The molecule has 23 heavy (non-hydrogen) atoms. The highest BCUT2D eigenvalue weighted by Crippen LogP contribution is 2.20. The Labute approximate surface area is 141 Å². The standard InChI is InChI=1S/C18H19ClN2O2/c1-13-8-9-15(19)10-16(13)20-17(22)11-18(23)21(2)12-14-6-4-3-5-7-14/h3-10H,11-12H2,1-2H3,(H,20,22). The van der Waals surface area contributed by atoms with Crippen LogP contribution in [0.3, 0.4) is 0 Å². The molecule has 0 aromatic heterocycles. The number of benzene rings is 2. The van der Waals surface area contributed by atoms with Crippen molar-refractivity contribution >= 4 is 29.1 Å². The van der Waals surface area contributed by atoms with Crippen molar-refractivity contribution in [3.63, 3.8) is 0 Å². The Morgan fingerprint density at radius 1 is 1.13 bits per heavy atom. The average molecular weight is 331 g/mol. The first kappa shape index (κ1) is 17.0. The Balaban J connectivity index is 1.91. The highest BCUT2D eigenvalue weighted by Gasteiger charge is 2.15. The summed E-state index contributed by atoms with van der Waals surface area (Å²) in [6, 6.07) is 14.9. The predicted molar refractivity (Wildman–Crippen MR) is 92.4 cm³/mol. The number of hydrogen-bond donors (Lipinski definition) is 1. The van der Waals surface area contributed by atoms with E-state index in [1.54, 1.807) is 24.1 Å². The van der Waals surface area contributed by atoms with Gasteiger partial charge in [-0.25, -0.2) is 0 Å². The zero-order valence-corrected chi connectivity index (χ0v) is 13.9. The molecule has 0 aliphatic rings. The van der Waals surface area contributed by atoms with Gasteiger partial charge in [-0.15, -0.1) is 0 Å². The van der Waals surface area contributed by atoms with Crippen LogP contribution in [0.15, 0.2) is 48.5 Å². The number of nitrogens with zero attached hydrogens (tertiary/aromatic N) is 1. The molecule has 0 saturated carbocycles. The summed E-state index contributed by atoms with van der Waals surface area (Å²) in [5, 5.41) is 3.27. The molecule has 0 fully saturated rings. The maximum atomic E-state index is 12.1. The lowest BCUT2D eigenvalue weighted by Gasteiger charge is -2.17. The van der Waals surface area contributed by atoms with Crippen LogP contribution >= 0.6 is 11.6 Å². The second-order valence-electron chi connectivity index (χ2n) is 5.42. The van der Waals surface area contributed by atoms with E-state index in [9.17, 15) is 9.59 Å². The molecule has 0 atom stereocenters. The number of anilines is 1. The highest BCUT2D eigenvalue weighted by atomic mass is 35.5. The lowest BCUT2D eigenvalue weighted by molar-refractivity contribution is -0.134. The van der Waals surface area contributed by atoms with Gasteiger partial charge >= 0.3 is 0 Å². The third-order valence-corrected chi connectivity index (χ3v) is 3.71. The quantitative estimate of drug-likeness (QED) is 0.851. The number of carbonyl (C=O) groups is 2. The molecule has 4 nitrogen and oxygen atoms in total. The van der Waals surface area contributed by atoms with E-state index in [0.717, 1.165) is 11.1 Å². The second-order valence-corrected chi connectivity index (χ2v) is 5.86. The summed E-state index contributed by atoms with van der Waals surface area (Å²) in [4.78, 5) is 25.7. The molecule has 2 rings (SSSR count). The van der Waals surface area contributed by atoms with Gasteiger partial charge in [-0.3, -0.25) is 9.59 Å².